The van der Waals surface area contributed by atoms with E-state index >= 15 is 0 Å². The van der Waals surface area contributed by atoms with Crippen LogP contribution < -0.4 is 5.73 Å². The molecule has 0 aliphatic rings. The molecule has 2 aromatic rings. The fraction of sp³-hybridized carbons (Fsp3) is 0.385. The largest absolute Gasteiger partial charge is 0.325 e. The normalized spacial score (nSPS) is 10.8. The Labute approximate surface area is 101 Å². The van der Waals surface area contributed by atoms with Gasteiger partial charge in [0, 0.05) is 18.4 Å². The molecule has 4 heteroatoms. The van der Waals surface area contributed by atoms with Crippen molar-refractivity contribution in [2.75, 3.05) is 0 Å². The van der Waals surface area contributed by atoms with Gasteiger partial charge in [-0.3, -0.25) is 4.98 Å². The van der Waals surface area contributed by atoms with Gasteiger partial charge in [0.25, 0.3) is 0 Å². The second-order valence-corrected chi connectivity index (χ2v) is 4.12. The van der Waals surface area contributed by atoms with Gasteiger partial charge in [-0.2, -0.15) is 5.10 Å². The maximum Gasteiger partial charge on any atom is 0.0682 e. The molecule has 2 rings (SSSR count). The quantitative estimate of drug-likeness (QED) is 0.876. The summed E-state index contributed by atoms with van der Waals surface area (Å²) in [6.07, 6.45) is 2.78. The van der Waals surface area contributed by atoms with E-state index in [1.165, 1.54) is 11.3 Å². The molecule has 2 heterocycles. The molecule has 0 fully saturated rings. The van der Waals surface area contributed by atoms with Crippen LogP contribution in [0.1, 0.15) is 29.6 Å². The minimum absolute atomic E-state index is 0.452. The SMILES string of the molecule is CCc1c(C)nn(-c2ccnc(CN)c2)c1C. The molecule has 90 valence electrons. The number of nitrogens with two attached hydrogens (primary N) is 1. The molecule has 4 nitrogen and oxygen atoms in total. The lowest BCUT2D eigenvalue weighted by atomic mass is 10.1. The van der Waals surface area contributed by atoms with Crippen molar-refractivity contribution in [2.45, 2.75) is 33.7 Å². The molecule has 0 amide bonds. The molecule has 2 aromatic heterocycles. The Balaban J connectivity index is 2.52. The van der Waals surface area contributed by atoms with E-state index in [-0.39, 0.29) is 0 Å². The molecule has 0 bridgehead atoms. The second kappa shape index (κ2) is 4.67. The Kier molecular flexibility index (Phi) is 3.24. The molecule has 0 radical (unpaired) electrons. The van der Waals surface area contributed by atoms with E-state index in [2.05, 4.69) is 23.9 Å². The Hall–Kier alpha value is -1.68. The van der Waals surface area contributed by atoms with Crippen molar-refractivity contribution in [3.63, 3.8) is 0 Å². The van der Waals surface area contributed by atoms with Gasteiger partial charge in [-0.1, -0.05) is 6.92 Å². The summed E-state index contributed by atoms with van der Waals surface area (Å²) in [6, 6.07) is 3.94. The zero-order valence-electron chi connectivity index (χ0n) is 10.6. The van der Waals surface area contributed by atoms with Crippen LogP contribution in [-0.4, -0.2) is 14.8 Å². The highest BCUT2D eigenvalue weighted by molar-refractivity contribution is 5.37. The Morgan fingerprint density at radius 3 is 2.71 bits per heavy atom. The van der Waals surface area contributed by atoms with Crippen molar-refractivity contribution in [3.8, 4) is 5.69 Å². The van der Waals surface area contributed by atoms with Gasteiger partial charge in [0.2, 0.25) is 0 Å². The Morgan fingerprint density at radius 1 is 1.35 bits per heavy atom. The molecular weight excluding hydrogens is 212 g/mol. The topological polar surface area (TPSA) is 56.7 Å². The Morgan fingerprint density at radius 2 is 2.12 bits per heavy atom. The molecule has 17 heavy (non-hydrogen) atoms. The number of aromatic nitrogens is 3. The molecule has 2 N–H and O–H groups in total. The molecule has 0 atom stereocenters. The summed E-state index contributed by atoms with van der Waals surface area (Å²) >= 11 is 0. The van der Waals surface area contributed by atoms with Crippen LogP contribution in [0.2, 0.25) is 0 Å². The minimum Gasteiger partial charge on any atom is -0.325 e. The van der Waals surface area contributed by atoms with Crippen LogP contribution >= 0.6 is 0 Å². The van der Waals surface area contributed by atoms with Gasteiger partial charge < -0.3 is 5.73 Å². The fourth-order valence-electron chi connectivity index (χ4n) is 2.15. The lowest BCUT2D eigenvalue weighted by Crippen LogP contribution is -2.04. The van der Waals surface area contributed by atoms with Crippen LogP contribution in [0.4, 0.5) is 0 Å². The third kappa shape index (κ3) is 2.08. The fourth-order valence-corrected chi connectivity index (χ4v) is 2.15. The molecule has 0 aliphatic carbocycles. The van der Waals surface area contributed by atoms with Gasteiger partial charge in [0.1, 0.15) is 0 Å². The number of pyridine rings is 1. The summed E-state index contributed by atoms with van der Waals surface area (Å²) in [5, 5.41) is 4.57. The van der Waals surface area contributed by atoms with Gasteiger partial charge in [-0.05, 0) is 38.0 Å². The highest BCUT2D eigenvalue weighted by Gasteiger charge is 2.11. The van der Waals surface area contributed by atoms with Crippen LogP contribution in [-0.2, 0) is 13.0 Å². The van der Waals surface area contributed by atoms with Crippen LogP contribution in [0.15, 0.2) is 18.3 Å². The van der Waals surface area contributed by atoms with Gasteiger partial charge >= 0.3 is 0 Å². The van der Waals surface area contributed by atoms with Crippen molar-refractivity contribution in [1.82, 2.24) is 14.8 Å². The van der Waals surface area contributed by atoms with Gasteiger partial charge in [-0.15, -0.1) is 0 Å². The molecular formula is C13H18N4. The highest BCUT2D eigenvalue weighted by atomic mass is 15.3. The van der Waals surface area contributed by atoms with Gasteiger partial charge in [-0.25, -0.2) is 4.68 Å². The van der Waals surface area contributed by atoms with Crippen LogP contribution in [0.5, 0.6) is 0 Å². The minimum atomic E-state index is 0.452. The first-order valence-corrected chi connectivity index (χ1v) is 5.87. The smallest absolute Gasteiger partial charge is 0.0682 e. The van der Waals surface area contributed by atoms with Crippen molar-refractivity contribution in [1.29, 1.82) is 0 Å². The summed E-state index contributed by atoms with van der Waals surface area (Å²) in [7, 11) is 0. The zero-order chi connectivity index (χ0) is 12.4. The van der Waals surface area contributed by atoms with Gasteiger partial charge in [0.05, 0.1) is 17.1 Å². The third-order valence-electron chi connectivity index (χ3n) is 3.05. The number of aryl methyl sites for hydroxylation is 1. The molecule has 0 aliphatic heterocycles. The number of nitrogens with zero attached hydrogens (tertiary/aromatic N) is 3. The van der Waals surface area contributed by atoms with E-state index in [1.807, 2.05) is 23.7 Å². The van der Waals surface area contributed by atoms with E-state index in [4.69, 9.17) is 5.73 Å². The average Bonchev–Trinajstić information content (AvgIpc) is 2.64. The lowest BCUT2D eigenvalue weighted by molar-refractivity contribution is 0.824. The predicted molar refractivity (Wildman–Crippen MR) is 68.1 cm³/mol. The Bertz CT molecular complexity index is 528. The number of rotatable bonds is 3. The monoisotopic (exact) mass is 230 g/mol. The van der Waals surface area contributed by atoms with Crippen molar-refractivity contribution >= 4 is 0 Å². The maximum atomic E-state index is 5.60. The highest BCUT2D eigenvalue weighted by Crippen LogP contribution is 2.18. The molecule has 0 saturated heterocycles. The second-order valence-electron chi connectivity index (χ2n) is 4.12. The third-order valence-corrected chi connectivity index (χ3v) is 3.05. The first-order valence-electron chi connectivity index (χ1n) is 5.87. The molecule has 0 unspecified atom stereocenters. The standard InChI is InChI=1S/C13H18N4/c1-4-13-9(2)16-17(10(13)3)12-5-6-15-11(7-12)8-14/h5-7H,4,8,14H2,1-3H3. The predicted octanol–water partition coefficient (Wildman–Crippen LogP) is 1.91. The van der Waals surface area contributed by atoms with E-state index in [0.29, 0.717) is 6.54 Å². The van der Waals surface area contributed by atoms with Crippen LogP contribution in [0, 0.1) is 13.8 Å². The molecule has 0 aromatic carbocycles. The number of hydrogen-bond acceptors (Lipinski definition) is 3. The maximum absolute atomic E-state index is 5.60. The molecule has 0 saturated carbocycles. The number of hydrogen-bond donors (Lipinski definition) is 1. The van der Waals surface area contributed by atoms with Crippen molar-refractivity contribution in [3.05, 3.63) is 41.0 Å². The van der Waals surface area contributed by atoms with Crippen molar-refractivity contribution < 1.29 is 0 Å². The first-order chi connectivity index (χ1) is 8.17. The van der Waals surface area contributed by atoms with Crippen molar-refractivity contribution in [2.24, 2.45) is 5.73 Å². The average molecular weight is 230 g/mol. The van der Waals surface area contributed by atoms with E-state index < -0.39 is 0 Å². The van der Waals surface area contributed by atoms with Crippen LogP contribution in [0.25, 0.3) is 5.69 Å². The summed E-state index contributed by atoms with van der Waals surface area (Å²) in [6.45, 7) is 6.75. The van der Waals surface area contributed by atoms with E-state index in [0.717, 1.165) is 23.5 Å². The van der Waals surface area contributed by atoms with Crippen LogP contribution in [0.3, 0.4) is 0 Å². The van der Waals surface area contributed by atoms with E-state index in [1.54, 1.807) is 6.20 Å². The summed E-state index contributed by atoms with van der Waals surface area (Å²) in [4.78, 5) is 4.20. The molecule has 0 spiro atoms. The van der Waals surface area contributed by atoms with E-state index in [9.17, 15) is 0 Å². The lowest BCUT2D eigenvalue weighted by Gasteiger charge is -2.06. The van der Waals surface area contributed by atoms with Gasteiger partial charge in [0.15, 0.2) is 0 Å². The summed E-state index contributed by atoms with van der Waals surface area (Å²) in [5.74, 6) is 0. The first kappa shape index (κ1) is 11.8. The summed E-state index contributed by atoms with van der Waals surface area (Å²) < 4.78 is 1.97. The zero-order valence-corrected chi connectivity index (χ0v) is 10.6. The summed E-state index contributed by atoms with van der Waals surface area (Å²) in [5.41, 5.74) is 11.1.